The molecule has 1 aliphatic rings. The van der Waals surface area contributed by atoms with Gasteiger partial charge in [0, 0.05) is 11.3 Å². The second-order valence-corrected chi connectivity index (χ2v) is 5.04. The number of fused-ring (bicyclic) bond motifs is 1. The van der Waals surface area contributed by atoms with E-state index in [0.717, 1.165) is 17.5 Å². The summed E-state index contributed by atoms with van der Waals surface area (Å²) < 4.78 is 0. The van der Waals surface area contributed by atoms with Gasteiger partial charge in [-0.2, -0.15) is 0 Å². The summed E-state index contributed by atoms with van der Waals surface area (Å²) in [5.74, 6) is -0.166. The highest BCUT2D eigenvalue weighted by molar-refractivity contribution is 8.00. The summed E-state index contributed by atoms with van der Waals surface area (Å²) in [4.78, 5) is 22.3. The summed E-state index contributed by atoms with van der Waals surface area (Å²) in [6.07, 6.45) is 0.851. The number of hydrogen-bond acceptors (Lipinski definition) is 3. The molecule has 0 radical (unpaired) electrons. The maximum absolute atomic E-state index is 11.9. The van der Waals surface area contributed by atoms with Crippen LogP contribution < -0.4 is 0 Å². The van der Waals surface area contributed by atoms with E-state index in [4.69, 9.17) is 5.11 Å². The van der Waals surface area contributed by atoms with Gasteiger partial charge in [0.2, 0.25) is 0 Å². The van der Waals surface area contributed by atoms with E-state index < -0.39 is 5.97 Å². The lowest BCUT2D eigenvalue weighted by Crippen LogP contribution is -2.12. The van der Waals surface area contributed by atoms with Crippen molar-refractivity contribution in [2.45, 2.75) is 18.1 Å². The van der Waals surface area contributed by atoms with Gasteiger partial charge in [0.1, 0.15) is 0 Å². The Labute approximate surface area is 97.9 Å². The van der Waals surface area contributed by atoms with Crippen molar-refractivity contribution in [2.75, 3.05) is 5.75 Å². The number of thioether (sulfide) groups is 1. The Morgan fingerprint density at radius 3 is 2.88 bits per heavy atom. The number of carbonyl (C=O) groups excluding carboxylic acids is 1. The molecule has 3 nitrogen and oxygen atoms in total. The van der Waals surface area contributed by atoms with Gasteiger partial charge in [-0.05, 0) is 12.0 Å². The largest absolute Gasteiger partial charge is 0.481 e. The first-order valence-electron chi connectivity index (χ1n) is 5.14. The molecule has 0 heterocycles. The molecule has 1 unspecified atom stereocenters. The molecule has 0 fully saturated rings. The number of carbonyl (C=O) groups is 2. The molecule has 0 saturated heterocycles. The van der Waals surface area contributed by atoms with Crippen LogP contribution in [0.2, 0.25) is 0 Å². The van der Waals surface area contributed by atoms with Crippen LogP contribution in [-0.2, 0) is 11.2 Å². The van der Waals surface area contributed by atoms with Gasteiger partial charge in [-0.1, -0.05) is 24.3 Å². The van der Waals surface area contributed by atoms with Crippen LogP contribution in [-0.4, -0.2) is 27.9 Å². The average molecular weight is 236 g/mol. The van der Waals surface area contributed by atoms with Gasteiger partial charge in [0.05, 0.1) is 11.7 Å². The Morgan fingerprint density at radius 1 is 1.44 bits per heavy atom. The summed E-state index contributed by atoms with van der Waals surface area (Å²) in [6, 6.07) is 7.60. The average Bonchev–Trinajstić information content (AvgIpc) is 2.56. The van der Waals surface area contributed by atoms with Crippen molar-refractivity contribution in [1.29, 1.82) is 0 Å². The van der Waals surface area contributed by atoms with Crippen LogP contribution in [0.3, 0.4) is 0 Å². The van der Waals surface area contributed by atoms with Crippen LogP contribution >= 0.6 is 11.8 Å². The standard InChI is InChI=1S/C12H12O3S/c13-11(14)5-6-16-10-7-8-3-1-2-4-9(8)12(10)15/h1-4,10H,5-7H2,(H,13,14). The molecule has 2 rings (SSSR count). The van der Waals surface area contributed by atoms with Gasteiger partial charge in [-0.15, -0.1) is 11.8 Å². The smallest absolute Gasteiger partial charge is 0.304 e. The molecule has 1 aromatic rings. The van der Waals surface area contributed by atoms with Crippen molar-refractivity contribution < 1.29 is 14.7 Å². The number of carboxylic acids is 1. The van der Waals surface area contributed by atoms with Crippen molar-refractivity contribution in [3.8, 4) is 0 Å². The Bertz CT molecular complexity index is 428. The first-order chi connectivity index (χ1) is 7.68. The molecule has 0 saturated carbocycles. The number of benzene rings is 1. The highest BCUT2D eigenvalue weighted by atomic mass is 32.2. The summed E-state index contributed by atoms with van der Waals surface area (Å²) in [5.41, 5.74) is 1.88. The van der Waals surface area contributed by atoms with Crippen LogP contribution in [0.25, 0.3) is 0 Å². The van der Waals surface area contributed by atoms with Crippen molar-refractivity contribution in [2.24, 2.45) is 0 Å². The fraction of sp³-hybridized carbons (Fsp3) is 0.333. The maximum Gasteiger partial charge on any atom is 0.304 e. The van der Waals surface area contributed by atoms with Crippen LogP contribution in [0, 0.1) is 0 Å². The zero-order valence-corrected chi connectivity index (χ0v) is 9.50. The van der Waals surface area contributed by atoms with Crippen molar-refractivity contribution >= 4 is 23.5 Å². The molecule has 0 aliphatic heterocycles. The fourth-order valence-corrected chi connectivity index (χ4v) is 2.98. The molecule has 4 heteroatoms. The van der Waals surface area contributed by atoms with E-state index in [2.05, 4.69) is 0 Å². The Kier molecular flexibility index (Phi) is 3.29. The van der Waals surface area contributed by atoms with E-state index >= 15 is 0 Å². The minimum absolute atomic E-state index is 0.0863. The zero-order chi connectivity index (χ0) is 11.5. The highest BCUT2D eigenvalue weighted by Gasteiger charge is 2.30. The van der Waals surface area contributed by atoms with Gasteiger partial charge in [-0.25, -0.2) is 0 Å². The summed E-state index contributed by atoms with van der Waals surface area (Å²) >= 11 is 1.45. The van der Waals surface area contributed by atoms with Gasteiger partial charge in [-0.3, -0.25) is 9.59 Å². The zero-order valence-electron chi connectivity index (χ0n) is 8.68. The third kappa shape index (κ3) is 2.27. The second kappa shape index (κ2) is 4.70. The van der Waals surface area contributed by atoms with E-state index in [-0.39, 0.29) is 17.5 Å². The van der Waals surface area contributed by atoms with E-state index in [0.29, 0.717) is 5.75 Å². The molecule has 0 spiro atoms. The molecule has 1 N–H and O–H groups in total. The molecule has 84 valence electrons. The van der Waals surface area contributed by atoms with E-state index in [1.807, 2.05) is 24.3 Å². The minimum atomic E-state index is -0.810. The van der Waals surface area contributed by atoms with Gasteiger partial charge < -0.3 is 5.11 Å². The summed E-state index contributed by atoms with van der Waals surface area (Å²) in [6.45, 7) is 0. The lowest BCUT2D eigenvalue weighted by atomic mass is 10.1. The Balaban J connectivity index is 1.97. The van der Waals surface area contributed by atoms with Crippen molar-refractivity contribution in [1.82, 2.24) is 0 Å². The molecular weight excluding hydrogens is 224 g/mol. The molecule has 1 aliphatic carbocycles. The SMILES string of the molecule is O=C(O)CCSC1Cc2ccccc2C1=O. The molecule has 1 aromatic carbocycles. The van der Waals surface area contributed by atoms with E-state index in [1.54, 1.807) is 0 Å². The van der Waals surface area contributed by atoms with Gasteiger partial charge >= 0.3 is 5.97 Å². The number of rotatable bonds is 4. The first kappa shape index (κ1) is 11.2. The molecule has 1 atom stereocenters. The first-order valence-corrected chi connectivity index (χ1v) is 6.19. The Hall–Kier alpha value is -1.29. The molecule has 0 amide bonds. The summed E-state index contributed by atoms with van der Waals surface area (Å²) in [7, 11) is 0. The van der Waals surface area contributed by atoms with Crippen LogP contribution in [0.4, 0.5) is 0 Å². The number of aliphatic carboxylic acids is 1. The maximum atomic E-state index is 11.9. The lowest BCUT2D eigenvalue weighted by molar-refractivity contribution is -0.136. The van der Waals surface area contributed by atoms with Crippen LogP contribution in [0.1, 0.15) is 22.3 Å². The third-order valence-electron chi connectivity index (χ3n) is 2.62. The van der Waals surface area contributed by atoms with Crippen molar-refractivity contribution in [3.05, 3.63) is 35.4 Å². The van der Waals surface area contributed by atoms with Crippen LogP contribution in [0.5, 0.6) is 0 Å². The van der Waals surface area contributed by atoms with E-state index in [9.17, 15) is 9.59 Å². The topological polar surface area (TPSA) is 54.4 Å². The molecule has 0 aromatic heterocycles. The highest BCUT2D eigenvalue weighted by Crippen LogP contribution is 2.30. The number of Topliss-reactive ketones (excluding diaryl/α,β-unsaturated/α-hetero) is 1. The minimum Gasteiger partial charge on any atom is -0.481 e. The fourth-order valence-electron chi connectivity index (χ4n) is 1.83. The van der Waals surface area contributed by atoms with Crippen molar-refractivity contribution in [3.63, 3.8) is 0 Å². The lowest BCUT2D eigenvalue weighted by Gasteiger charge is -2.05. The van der Waals surface area contributed by atoms with Gasteiger partial charge in [0.15, 0.2) is 5.78 Å². The van der Waals surface area contributed by atoms with E-state index in [1.165, 1.54) is 11.8 Å². The number of ketones is 1. The van der Waals surface area contributed by atoms with Crippen LogP contribution in [0.15, 0.2) is 24.3 Å². The third-order valence-corrected chi connectivity index (χ3v) is 3.84. The predicted molar refractivity (Wildman–Crippen MR) is 63.0 cm³/mol. The number of hydrogen-bond donors (Lipinski definition) is 1. The molecular formula is C12H12O3S. The van der Waals surface area contributed by atoms with Gasteiger partial charge in [0.25, 0.3) is 0 Å². The predicted octanol–water partition coefficient (Wildman–Crippen LogP) is 2.00. The quantitative estimate of drug-likeness (QED) is 0.868. The normalized spacial score (nSPS) is 18.5. The molecule has 16 heavy (non-hydrogen) atoms. The Morgan fingerprint density at radius 2 is 2.19 bits per heavy atom. The monoisotopic (exact) mass is 236 g/mol. The summed E-state index contributed by atoms with van der Waals surface area (Å²) in [5, 5.41) is 8.44. The molecule has 0 bridgehead atoms. The second-order valence-electron chi connectivity index (χ2n) is 3.73. The number of carboxylic acid groups (broad SMARTS) is 1.